The molecule has 7 nitrogen and oxygen atoms in total. The van der Waals surface area contributed by atoms with E-state index in [2.05, 4.69) is 20.6 Å². The van der Waals surface area contributed by atoms with Crippen molar-refractivity contribution in [3.05, 3.63) is 43.0 Å². The topological polar surface area (TPSA) is 72.7 Å². The van der Waals surface area contributed by atoms with Crippen LogP contribution in [0.3, 0.4) is 0 Å². The van der Waals surface area contributed by atoms with Crippen molar-refractivity contribution in [1.82, 2.24) is 20.2 Å². The number of aliphatic imine (C=N–C) groups is 1. The third-order valence-electron chi connectivity index (χ3n) is 3.40. The molecule has 0 bridgehead atoms. The number of nitrogens with one attached hydrogen (secondary N) is 2. The number of aromatic nitrogens is 2. The SMILES string of the molecule is CN=C(NCCn1ccnc1)NCC(C)Oc1ccccc1OC. The highest BCUT2D eigenvalue weighted by atomic mass is 16.5. The van der Waals surface area contributed by atoms with Crippen molar-refractivity contribution in [3.63, 3.8) is 0 Å². The Bertz CT molecular complexity index is 628. The largest absolute Gasteiger partial charge is 0.493 e. The van der Waals surface area contributed by atoms with Gasteiger partial charge < -0.3 is 24.7 Å². The summed E-state index contributed by atoms with van der Waals surface area (Å²) in [5.41, 5.74) is 0. The molecule has 0 fully saturated rings. The van der Waals surface area contributed by atoms with Gasteiger partial charge in [0.15, 0.2) is 17.5 Å². The zero-order valence-electron chi connectivity index (χ0n) is 14.4. The lowest BCUT2D eigenvalue weighted by Gasteiger charge is -2.19. The highest BCUT2D eigenvalue weighted by Crippen LogP contribution is 2.26. The second kappa shape index (κ2) is 9.44. The summed E-state index contributed by atoms with van der Waals surface area (Å²) in [4.78, 5) is 8.23. The average molecular weight is 331 g/mol. The van der Waals surface area contributed by atoms with Gasteiger partial charge in [-0.25, -0.2) is 4.98 Å². The lowest BCUT2D eigenvalue weighted by Crippen LogP contribution is -2.42. The fourth-order valence-corrected chi connectivity index (χ4v) is 2.16. The summed E-state index contributed by atoms with van der Waals surface area (Å²) >= 11 is 0. The van der Waals surface area contributed by atoms with Crippen LogP contribution in [-0.4, -0.2) is 48.9 Å². The molecule has 7 heteroatoms. The fraction of sp³-hybridized carbons (Fsp3) is 0.412. The molecule has 2 rings (SSSR count). The van der Waals surface area contributed by atoms with Crippen molar-refractivity contribution in [2.75, 3.05) is 27.2 Å². The van der Waals surface area contributed by atoms with Gasteiger partial charge >= 0.3 is 0 Å². The summed E-state index contributed by atoms with van der Waals surface area (Å²) < 4.78 is 13.2. The van der Waals surface area contributed by atoms with Gasteiger partial charge in [0.25, 0.3) is 0 Å². The molecule has 2 N–H and O–H groups in total. The Kier molecular flexibility index (Phi) is 6.94. The van der Waals surface area contributed by atoms with Crippen LogP contribution >= 0.6 is 0 Å². The minimum absolute atomic E-state index is 0.0338. The molecule has 1 unspecified atom stereocenters. The van der Waals surface area contributed by atoms with Crippen molar-refractivity contribution >= 4 is 5.96 Å². The zero-order valence-corrected chi connectivity index (χ0v) is 14.4. The van der Waals surface area contributed by atoms with Crippen LogP contribution in [-0.2, 0) is 6.54 Å². The molecule has 2 aromatic rings. The number of ether oxygens (including phenoxy) is 2. The van der Waals surface area contributed by atoms with E-state index in [1.807, 2.05) is 42.0 Å². The van der Waals surface area contributed by atoms with Gasteiger partial charge in [-0.3, -0.25) is 4.99 Å². The van der Waals surface area contributed by atoms with Crippen molar-refractivity contribution in [1.29, 1.82) is 0 Å². The van der Waals surface area contributed by atoms with Gasteiger partial charge in [-0.05, 0) is 19.1 Å². The molecule has 0 aliphatic heterocycles. The molecule has 0 saturated heterocycles. The molecule has 0 aliphatic carbocycles. The zero-order chi connectivity index (χ0) is 17.2. The van der Waals surface area contributed by atoms with E-state index in [1.165, 1.54) is 0 Å². The van der Waals surface area contributed by atoms with Gasteiger partial charge in [-0.15, -0.1) is 0 Å². The Balaban J connectivity index is 1.73. The van der Waals surface area contributed by atoms with Crippen LogP contribution in [0.5, 0.6) is 11.5 Å². The fourth-order valence-electron chi connectivity index (χ4n) is 2.16. The molecule has 1 aromatic heterocycles. The van der Waals surface area contributed by atoms with Crippen molar-refractivity contribution in [2.45, 2.75) is 19.6 Å². The summed E-state index contributed by atoms with van der Waals surface area (Å²) in [6, 6.07) is 7.62. The lowest BCUT2D eigenvalue weighted by molar-refractivity contribution is 0.213. The average Bonchev–Trinajstić information content (AvgIpc) is 3.11. The Labute approximate surface area is 142 Å². The minimum Gasteiger partial charge on any atom is -0.493 e. The molecular formula is C17H25N5O2. The second-order valence-corrected chi connectivity index (χ2v) is 5.26. The molecule has 0 aliphatic rings. The van der Waals surface area contributed by atoms with E-state index >= 15 is 0 Å². The van der Waals surface area contributed by atoms with Gasteiger partial charge in [0.2, 0.25) is 0 Å². The van der Waals surface area contributed by atoms with Gasteiger partial charge in [-0.2, -0.15) is 0 Å². The molecule has 24 heavy (non-hydrogen) atoms. The van der Waals surface area contributed by atoms with E-state index in [-0.39, 0.29) is 6.10 Å². The smallest absolute Gasteiger partial charge is 0.191 e. The number of nitrogens with zero attached hydrogens (tertiary/aromatic N) is 3. The molecule has 0 amide bonds. The number of hydrogen-bond acceptors (Lipinski definition) is 4. The predicted octanol–water partition coefficient (Wildman–Crippen LogP) is 1.52. The summed E-state index contributed by atoms with van der Waals surface area (Å²) in [5.74, 6) is 2.20. The third kappa shape index (κ3) is 5.49. The van der Waals surface area contributed by atoms with Crippen molar-refractivity contribution in [2.24, 2.45) is 4.99 Å². The normalized spacial score (nSPS) is 12.5. The molecule has 130 valence electrons. The van der Waals surface area contributed by atoms with Crippen LogP contribution in [0.2, 0.25) is 0 Å². The number of methoxy groups -OCH3 is 1. The van der Waals surface area contributed by atoms with E-state index in [9.17, 15) is 0 Å². The highest BCUT2D eigenvalue weighted by molar-refractivity contribution is 5.79. The Hall–Kier alpha value is -2.70. The van der Waals surface area contributed by atoms with Crippen LogP contribution in [0, 0.1) is 0 Å². The highest BCUT2D eigenvalue weighted by Gasteiger charge is 2.09. The third-order valence-corrected chi connectivity index (χ3v) is 3.40. The molecule has 1 aromatic carbocycles. The summed E-state index contributed by atoms with van der Waals surface area (Å²) in [7, 11) is 3.38. The summed E-state index contributed by atoms with van der Waals surface area (Å²) in [6.07, 6.45) is 5.46. The second-order valence-electron chi connectivity index (χ2n) is 5.26. The number of imidazole rings is 1. The first-order valence-electron chi connectivity index (χ1n) is 7.93. The van der Waals surface area contributed by atoms with E-state index in [0.717, 1.165) is 30.5 Å². The lowest BCUT2D eigenvalue weighted by atomic mass is 10.3. The number of para-hydroxylation sites is 2. The molecule has 1 heterocycles. The van der Waals surface area contributed by atoms with Gasteiger partial charge in [0.05, 0.1) is 20.0 Å². The number of rotatable bonds is 8. The number of benzene rings is 1. The number of guanidine groups is 1. The summed E-state index contributed by atoms with van der Waals surface area (Å²) in [5, 5.41) is 6.51. The minimum atomic E-state index is -0.0338. The van der Waals surface area contributed by atoms with Crippen LogP contribution in [0.15, 0.2) is 48.0 Å². The predicted molar refractivity (Wildman–Crippen MR) is 94.7 cm³/mol. The maximum atomic E-state index is 5.91. The van der Waals surface area contributed by atoms with E-state index in [0.29, 0.717) is 6.54 Å². The van der Waals surface area contributed by atoms with Gasteiger partial charge in [0.1, 0.15) is 6.10 Å². The van der Waals surface area contributed by atoms with Gasteiger partial charge in [-0.1, -0.05) is 12.1 Å². The summed E-state index contributed by atoms with van der Waals surface area (Å²) in [6.45, 7) is 4.22. The van der Waals surface area contributed by atoms with Crippen LogP contribution in [0.1, 0.15) is 6.92 Å². The van der Waals surface area contributed by atoms with Crippen molar-refractivity contribution in [3.8, 4) is 11.5 Å². The molecule has 1 atom stereocenters. The maximum Gasteiger partial charge on any atom is 0.191 e. The molecular weight excluding hydrogens is 306 g/mol. The first kappa shape index (κ1) is 17.7. The van der Waals surface area contributed by atoms with Crippen LogP contribution < -0.4 is 20.1 Å². The monoisotopic (exact) mass is 331 g/mol. The van der Waals surface area contributed by atoms with Crippen LogP contribution in [0.4, 0.5) is 0 Å². The first-order chi connectivity index (χ1) is 11.7. The first-order valence-corrected chi connectivity index (χ1v) is 7.93. The van der Waals surface area contributed by atoms with E-state index in [1.54, 1.807) is 26.7 Å². The Morgan fingerprint density at radius 2 is 2.08 bits per heavy atom. The Morgan fingerprint density at radius 1 is 1.29 bits per heavy atom. The van der Waals surface area contributed by atoms with E-state index < -0.39 is 0 Å². The Morgan fingerprint density at radius 3 is 2.75 bits per heavy atom. The molecule has 0 radical (unpaired) electrons. The molecule has 0 spiro atoms. The van der Waals surface area contributed by atoms with Gasteiger partial charge in [0, 0.05) is 32.5 Å². The van der Waals surface area contributed by atoms with Crippen molar-refractivity contribution < 1.29 is 9.47 Å². The number of hydrogen-bond donors (Lipinski definition) is 2. The quantitative estimate of drug-likeness (QED) is 0.567. The standard InChI is InChI=1S/C17H25N5O2/c1-14(24-16-7-5-4-6-15(16)23-3)12-21-17(18-2)20-9-11-22-10-8-19-13-22/h4-8,10,13-14H,9,11-12H2,1-3H3,(H2,18,20,21). The van der Waals surface area contributed by atoms with Crippen LogP contribution in [0.25, 0.3) is 0 Å². The molecule has 0 saturated carbocycles. The van der Waals surface area contributed by atoms with E-state index in [4.69, 9.17) is 9.47 Å². The maximum absolute atomic E-state index is 5.91.